The molecule has 9 nitrogen and oxygen atoms in total. The summed E-state index contributed by atoms with van der Waals surface area (Å²) in [5.74, 6) is 1.30. The zero-order chi connectivity index (χ0) is 29.7. The second kappa shape index (κ2) is 12.7. The Morgan fingerprint density at radius 3 is 2.55 bits per heavy atom. The lowest BCUT2D eigenvalue weighted by Gasteiger charge is -2.27. The number of Topliss-reactive ketones (excluding diaryl/α,β-unsaturated/α-hetero) is 1. The van der Waals surface area contributed by atoms with Crippen molar-refractivity contribution in [2.75, 3.05) is 33.5 Å². The Balaban J connectivity index is 1.46. The Kier molecular flexibility index (Phi) is 8.88. The number of aliphatic hydroxyl groups is 2. The number of carbonyl (C=O) groups excluding carboxylic acids is 1. The first-order valence-corrected chi connectivity index (χ1v) is 14.0. The van der Waals surface area contributed by atoms with Gasteiger partial charge in [0.2, 0.25) is 0 Å². The fourth-order valence-corrected chi connectivity index (χ4v) is 5.18. The molecule has 3 heterocycles. The van der Waals surface area contributed by atoms with Crippen molar-refractivity contribution < 1.29 is 33.6 Å². The standard InChI is InChI=1S/C33H34N2O7/c1-3-33(19-36,20-37)17-28(38)22-4-6-26(30(15-22)39-2)31-16-27-32(42-31)25(8-11-35-27)21-5-7-29(23(14-21)18-34)41-24-9-12-40-13-10-24/h4-8,11,14-16,24,36-37H,3,9-10,12-13,17,19-20H2,1-2H3. The Hall–Kier alpha value is -4.23. The average Bonchev–Trinajstić information content (AvgIpc) is 3.48. The number of methoxy groups -OCH3 is 1. The van der Waals surface area contributed by atoms with E-state index in [9.17, 15) is 20.3 Å². The molecule has 0 spiro atoms. The van der Waals surface area contributed by atoms with Gasteiger partial charge in [-0.3, -0.25) is 9.78 Å². The van der Waals surface area contributed by atoms with Crippen LogP contribution >= 0.6 is 0 Å². The van der Waals surface area contributed by atoms with Crippen molar-refractivity contribution in [1.82, 2.24) is 4.98 Å². The van der Waals surface area contributed by atoms with E-state index in [4.69, 9.17) is 18.6 Å². The minimum atomic E-state index is -0.871. The van der Waals surface area contributed by atoms with Crippen molar-refractivity contribution in [2.45, 2.75) is 38.7 Å². The van der Waals surface area contributed by atoms with E-state index in [0.717, 1.165) is 24.0 Å². The molecule has 2 aromatic carbocycles. The predicted molar refractivity (Wildman–Crippen MR) is 156 cm³/mol. The first-order chi connectivity index (χ1) is 20.4. The molecule has 0 bridgehead atoms. The number of aliphatic hydroxyl groups excluding tert-OH is 2. The lowest BCUT2D eigenvalue weighted by Crippen LogP contribution is -2.32. The highest BCUT2D eigenvalue weighted by Gasteiger charge is 2.30. The molecule has 1 aliphatic rings. The molecule has 2 N–H and O–H groups in total. The van der Waals surface area contributed by atoms with E-state index in [1.54, 1.807) is 30.5 Å². The van der Waals surface area contributed by atoms with Gasteiger partial charge in [0, 0.05) is 48.1 Å². The van der Waals surface area contributed by atoms with Crippen LogP contribution in [0.2, 0.25) is 0 Å². The van der Waals surface area contributed by atoms with Crippen molar-refractivity contribution in [2.24, 2.45) is 5.41 Å². The largest absolute Gasteiger partial charge is 0.496 e. The molecule has 0 saturated carbocycles. The quantitative estimate of drug-likeness (QED) is 0.222. The van der Waals surface area contributed by atoms with Crippen LogP contribution in [0.1, 0.15) is 48.5 Å². The van der Waals surface area contributed by atoms with Gasteiger partial charge in [-0.05, 0) is 42.3 Å². The SMILES string of the molecule is CCC(CO)(CO)CC(=O)c1ccc(-c2cc3nccc(-c4ccc(OC5CCOCC5)c(C#N)c4)c3o2)c(OC)c1. The molecule has 5 rings (SSSR count). The van der Waals surface area contributed by atoms with Crippen LogP contribution in [0.3, 0.4) is 0 Å². The molecule has 0 unspecified atom stereocenters. The number of nitriles is 1. The molecule has 42 heavy (non-hydrogen) atoms. The van der Waals surface area contributed by atoms with Gasteiger partial charge in [-0.15, -0.1) is 0 Å². The normalized spacial score (nSPS) is 14.1. The topological polar surface area (TPSA) is 135 Å². The van der Waals surface area contributed by atoms with Crippen LogP contribution < -0.4 is 9.47 Å². The van der Waals surface area contributed by atoms with E-state index in [2.05, 4.69) is 11.1 Å². The van der Waals surface area contributed by atoms with Crippen LogP contribution in [-0.4, -0.2) is 60.6 Å². The maximum absolute atomic E-state index is 13.0. The zero-order valence-corrected chi connectivity index (χ0v) is 23.8. The number of aromatic nitrogens is 1. The molecule has 0 amide bonds. The maximum Gasteiger partial charge on any atom is 0.163 e. The molecule has 0 radical (unpaired) electrons. The molecule has 2 aromatic heterocycles. The Morgan fingerprint density at radius 1 is 1.07 bits per heavy atom. The summed E-state index contributed by atoms with van der Waals surface area (Å²) in [6.07, 6.45) is 3.77. The highest BCUT2D eigenvalue weighted by molar-refractivity contribution is 5.98. The Morgan fingerprint density at radius 2 is 1.86 bits per heavy atom. The van der Waals surface area contributed by atoms with Gasteiger partial charge >= 0.3 is 0 Å². The molecule has 1 aliphatic heterocycles. The van der Waals surface area contributed by atoms with Crippen LogP contribution in [0, 0.1) is 16.7 Å². The number of fused-ring (bicyclic) bond motifs is 1. The molecule has 1 fully saturated rings. The van der Waals surface area contributed by atoms with Crippen molar-refractivity contribution in [3.05, 3.63) is 65.9 Å². The molecule has 4 aromatic rings. The van der Waals surface area contributed by atoms with Crippen molar-refractivity contribution in [3.63, 3.8) is 0 Å². The fraction of sp³-hybridized carbons (Fsp3) is 0.364. The van der Waals surface area contributed by atoms with Gasteiger partial charge in [0.05, 0.1) is 44.7 Å². The number of ketones is 1. The summed E-state index contributed by atoms with van der Waals surface area (Å²) in [5, 5.41) is 29.4. The molecule has 1 saturated heterocycles. The van der Waals surface area contributed by atoms with Crippen LogP contribution in [0.15, 0.2) is 59.1 Å². The van der Waals surface area contributed by atoms with Gasteiger partial charge < -0.3 is 28.8 Å². The number of hydrogen-bond donors (Lipinski definition) is 2. The summed E-state index contributed by atoms with van der Waals surface area (Å²) in [4.78, 5) is 17.5. The molecule has 0 aliphatic carbocycles. The molecule has 9 heteroatoms. The summed E-state index contributed by atoms with van der Waals surface area (Å²) in [5.41, 5.74) is 3.37. The van der Waals surface area contributed by atoms with E-state index in [0.29, 0.717) is 64.7 Å². The number of furan rings is 1. The summed E-state index contributed by atoms with van der Waals surface area (Å²) in [6, 6.07) is 16.5. The predicted octanol–water partition coefficient (Wildman–Crippen LogP) is 5.55. The number of rotatable bonds is 11. The highest BCUT2D eigenvalue weighted by Crippen LogP contribution is 2.39. The highest BCUT2D eigenvalue weighted by atomic mass is 16.5. The molecular weight excluding hydrogens is 536 g/mol. The van der Waals surface area contributed by atoms with Crippen molar-refractivity contribution in [1.29, 1.82) is 5.26 Å². The van der Waals surface area contributed by atoms with Crippen LogP contribution in [-0.2, 0) is 4.74 Å². The number of ether oxygens (including phenoxy) is 3. The lowest BCUT2D eigenvalue weighted by atomic mass is 9.80. The van der Waals surface area contributed by atoms with Crippen molar-refractivity contribution in [3.8, 4) is 40.0 Å². The van der Waals surface area contributed by atoms with Gasteiger partial charge in [-0.1, -0.05) is 19.1 Å². The maximum atomic E-state index is 13.0. The van der Waals surface area contributed by atoms with Crippen molar-refractivity contribution >= 4 is 16.9 Å². The third kappa shape index (κ3) is 5.88. The molecular formula is C33H34N2O7. The Labute approximate surface area is 244 Å². The summed E-state index contributed by atoms with van der Waals surface area (Å²) < 4.78 is 23.5. The first-order valence-electron chi connectivity index (χ1n) is 14.0. The van der Waals surface area contributed by atoms with E-state index < -0.39 is 5.41 Å². The average molecular weight is 571 g/mol. The summed E-state index contributed by atoms with van der Waals surface area (Å²) >= 11 is 0. The Bertz CT molecular complexity index is 1600. The van der Waals surface area contributed by atoms with Gasteiger partial charge in [0.15, 0.2) is 11.4 Å². The fourth-order valence-electron chi connectivity index (χ4n) is 5.18. The third-order valence-corrected chi connectivity index (χ3v) is 8.03. The molecule has 218 valence electrons. The smallest absolute Gasteiger partial charge is 0.163 e. The van der Waals surface area contributed by atoms with Crippen LogP contribution in [0.25, 0.3) is 33.6 Å². The van der Waals surface area contributed by atoms with E-state index in [1.165, 1.54) is 7.11 Å². The second-order valence-corrected chi connectivity index (χ2v) is 10.6. The van der Waals surface area contributed by atoms with E-state index in [1.807, 2.05) is 31.2 Å². The lowest BCUT2D eigenvalue weighted by molar-refractivity contribution is 0.0254. The van der Waals surface area contributed by atoms with Gasteiger partial charge in [0.1, 0.15) is 34.9 Å². The summed E-state index contributed by atoms with van der Waals surface area (Å²) in [7, 11) is 1.52. The molecule has 0 atom stereocenters. The number of hydrogen-bond acceptors (Lipinski definition) is 9. The van der Waals surface area contributed by atoms with Gasteiger partial charge in [-0.25, -0.2) is 0 Å². The number of carbonyl (C=O) groups is 1. The second-order valence-electron chi connectivity index (χ2n) is 10.6. The monoisotopic (exact) mass is 570 g/mol. The van der Waals surface area contributed by atoms with Gasteiger partial charge in [0.25, 0.3) is 0 Å². The zero-order valence-electron chi connectivity index (χ0n) is 23.8. The minimum Gasteiger partial charge on any atom is -0.496 e. The first kappa shape index (κ1) is 29.3. The van der Waals surface area contributed by atoms with E-state index in [-0.39, 0.29) is 31.5 Å². The van der Waals surface area contributed by atoms with Crippen LogP contribution in [0.5, 0.6) is 11.5 Å². The summed E-state index contributed by atoms with van der Waals surface area (Å²) in [6.45, 7) is 2.58. The number of benzene rings is 2. The minimum absolute atomic E-state index is 0.0144. The van der Waals surface area contributed by atoms with E-state index >= 15 is 0 Å². The third-order valence-electron chi connectivity index (χ3n) is 8.03. The number of nitrogens with zero attached hydrogens (tertiary/aromatic N) is 2. The number of pyridine rings is 1. The van der Waals surface area contributed by atoms with Gasteiger partial charge in [-0.2, -0.15) is 5.26 Å². The van der Waals surface area contributed by atoms with Crippen LogP contribution in [0.4, 0.5) is 0 Å².